The van der Waals surface area contributed by atoms with Crippen molar-refractivity contribution < 1.29 is 0 Å². The third-order valence-electron chi connectivity index (χ3n) is 1.88. The maximum absolute atomic E-state index is 4.95. The molecule has 0 fully saturated rings. The zero-order chi connectivity index (χ0) is 9.97. The highest BCUT2D eigenvalue weighted by atomic mass is 32.1. The molecule has 2 rings (SSSR count). The SMILES string of the molecule is Cc1cc(-c2ccnc(=S)[nH]2)ccn1. The monoisotopic (exact) mass is 203 g/mol. The average molecular weight is 203 g/mol. The van der Waals surface area contributed by atoms with Gasteiger partial charge in [-0.15, -0.1) is 0 Å². The Morgan fingerprint density at radius 3 is 2.71 bits per heavy atom. The maximum Gasteiger partial charge on any atom is 0.197 e. The third kappa shape index (κ3) is 1.85. The topological polar surface area (TPSA) is 41.6 Å². The molecule has 70 valence electrons. The van der Waals surface area contributed by atoms with Crippen LogP contribution in [0.25, 0.3) is 11.3 Å². The number of hydrogen-bond donors (Lipinski definition) is 1. The predicted molar refractivity (Wildman–Crippen MR) is 57.4 cm³/mol. The van der Waals surface area contributed by atoms with Gasteiger partial charge in [0.1, 0.15) is 0 Å². The van der Waals surface area contributed by atoms with Crippen LogP contribution in [0.3, 0.4) is 0 Å². The van der Waals surface area contributed by atoms with Gasteiger partial charge in [-0.1, -0.05) is 0 Å². The molecule has 0 atom stereocenters. The first-order valence-corrected chi connectivity index (χ1v) is 4.65. The molecule has 0 aromatic carbocycles. The number of hydrogen-bond acceptors (Lipinski definition) is 3. The minimum atomic E-state index is 0.497. The molecule has 0 aliphatic heterocycles. The third-order valence-corrected chi connectivity index (χ3v) is 2.09. The molecule has 0 aliphatic carbocycles. The summed E-state index contributed by atoms with van der Waals surface area (Å²) in [6.07, 6.45) is 3.48. The second-order valence-corrected chi connectivity index (χ2v) is 3.36. The lowest BCUT2D eigenvalue weighted by Gasteiger charge is -2.01. The van der Waals surface area contributed by atoms with Crippen LogP contribution < -0.4 is 0 Å². The van der Waals surface area contributed by atoms with Crippen molar-refractivity contribution in [2.45, 2.75) is 6.92 Å². The fourth-order valence-electron chi connectivity index (χ4n) is 1.25. The lowest BCUT2D eigenvalue weighted by Crippen LogP contribution is -1.87. The minimum absolute atomic E-state index is 0.497. The number of nitrogens with zero attached hydrogens (tertiary/aromatic N) is 2. The summed E-state index contributed by atoms with van der Waals surface area (Å²) in [7, 11) is 0. The number of aromatic amines is 1. The van der Waals surface area contributed by atoms with E-state index >= 15 is 0 Å². The van der Waals surface area contributed by atoms with Crippen molar-refractivity contribution in [3.8, 4) is 11.3 Å². The molecule has 2 aromatic heterocycles. The van der Waals surface area contributed by atoms with E-state index in [2.05, 4.69) is 15.0 Å². The van der Waals surface area contributed by atoms with Crippen molar-refractivity contribution in [1.82, 2.24) is 15.0 Å². The van der Waals surface area contributed by atoms with Crippen molar-refractivity contribution in [2.24, 2.45) is 0 Å². The van der Waals surface area contributed by atoms with Gasteiger partial charge in [0.25, 0.3) is 0 Å². The first-order chi connectivity index (χ1) is 6.75. The molecule has 0 radical (unpaired) electrons. The predicted octanol–water partition coefficient (Wildman–Crippen LogP) is 2.51. The Bertz CT molecular complexity index is 504. The van der Waals surface area contributed by atoms with Gasteiger partial charge in [0, 0.05) is 29.3 Å². The first-order valence-electron chi connectivity index (χ1n) is 4.24. The standard InChI is InChI=1S/C10H9N3S/c1-7-6-8(2-4-11-7)9-3-5-12-10(14)13-9/h2-6H,1H3,(H,12,13,14). The van der Waals surface area contributed by atoms with Crippen LogP contribution in [0.15, 0.2) is 30.6 Å². The van der Waals surface area contributed by atoms with Crippen LogP contribution >= 0.6 is 12.2 Å². The number of nitrogens with one attached hydrogen (secondary N) is 1. The molecule has 4 heteroatoms. The van der Waals surface area contributed by atoms with Crippen LogP contribution in [-0.2, 0) is 0 Å². The Balaban J connectivity index is 2.55. The van der Waals surface area contributed by atoms with Crippen LogP contribution in [0.2, 0.25) is 0 Å². The first kappa shape index (κ1) is 9.02. The molecule has 14 heavy (non-hydrogen) atoms. The minimum Gasteiger partial charge on any atom is -0.330 e. The zero-order valence-corrected chi connectivity index (χ0v) is 8.51. The molecular weight excluding hydrogens is 194 g/mol. The molecule has 0 amide bonds. The second-order valence-electron chi connectivity index (χ2n) is 2.97. The molecular formula is C10H9N3S. The van der Waals surface area contributed by atoms with Gasteiger partial charge in [-0.3, -0.25) is 4.98 Å². The molecule has 1 N–H and O–H groups in total. The highest BCUT2D eigenvalue weighted by molar-refractivity contribution is 7.71. The summed E-state index contributed by atoms with van der Waals surface area (Å²) in [6, 6.07) is 5.83. The van der Waals surface area contributed by atoms with Crippen molar-refractivity contribution in [3.63, 3.8) is 0 Å². The number of pyridine rings is 1. The molecule has 0 aliphatic rings. The molecule has 0 saturated carbocycles. The Morgan fingerprint density at radius 2 is 2.00 bits per heavy atom. The van der Waals surface area contributed by atoms with Gasteiger partial charge < -0.3 is 4.98 Å². The maximum atomic E-state index is 4.95. The largest absolute Gasteiger partial charge is 0.330 e. The lowest BCUT2D eigenvalue weighted by molar-refractivity contribution is 1.13. The Hall–Kier alpha value is -1.55. The van der Waals surface area contributed by atoms with Crippen molar-refractivity contribution in [1.29, 1.82) is 0 Å². The Morgan fingerprint density at radius 1 is 1.21 bits per heavy atom. The summed E-state index contributed by atoms with van der Waals surface area (Å²) in [5.41, 5.74) is 3.03. The van der Waals surface area contributed by atoms with Crippen LogP contribution in [-0.4, -0.2) is 15.0 Å². The molecule has 3 nitrogen and oxygen atoms in total. The van der Waals surface area contributed by atoms with Gasteiger partial charge >= 0.3 is 0 Å². The summed E-state index contributed by atoms with van der Waals surface area (Å²) in [5.74, 6) is 0. The molecule has 0 unspecified atom stereocenters. The van der Waals surface area contributed by atoms with E-state index in [0.29, 0.717) is 4.77 Å². The summed E-state index contributed by atoms with van der Waals surface area (Å²) in [6.45, 7) is 1.96. The average Bonchev–Trinajstić information content (AvgIpc) is 2.18. The second kappa shape index (κ2) is 3.67. The van der Waals surface area contributed by atoms with Crippen LogP contribution in [0.5, 0.6) is 0 Å². The zero-order valence-electron chi connectivity index (χ0n) is 7.69. The van der Waals surface area contributed by atoms with E-state index < -0.39 is 0 Å². The van der Waals surface area contributed by atoms with Crippen molar-refractivity contribution in [2.75, 3.05) is 0 Å². The van der Waals surface area contributed by atoms with Crippen LogP contribution in [0, 0.1) is 11.7 Å². The number of rotatable bonds is 1. The van der Waals surface area contributed by atoms with Crippen LogP contribution in [0.4, 0.5) is 0 Å². The van der Waals surface area contributed by atoms with E-state index in [1.165, 1.54) is 0 Å². The fraction of sp³-hybridized carbons (Fsp3) is 0.100. The van der Waals surface area contributed by atoms with E-state index in [0.717, 1.165) is 17.0 Å². The van der Waals surface area contributed by atoms with Gasteiger partial charge in [-0.25, -0.2) is 4.98 Å². The van der Waals surface area contributed by atoms with Gasteiger partial charge in [0.15, 0.2) is 4.77 Å². The van der Waals surface area contributed by atoms with Gasteiger partial charge in [-0.05, 0) is 37.3 Å². The van der Waals surface area contributed by atoms with E-state index in [9.17, 15) is 0 Å². The number of aryl methyl sites for hydroxylation is 1. The molecule has 2 aromatic rings. The Kier molecular flexibility index (Phi) is 2.37. The van der Waals surface area contributed by atoms with Crippen molar-refractivity contribution >= 4 is 12.2 Å². The van der Waals surface area contributed by atoms with E-state index in [4.69, 9.17) is 12.2 Å². The van der Waals surface area contributed by atoms with E-state index in [1.807, 2.05) is 25.1 Å². The molecule has 0 spiro atoms. The normalized spacial score (nSPS) is 10.1. The summed E-state index contributed by atoms with van der Waals surface area (Å²) < 4.78 is 0.497. The van der Waals surface area contributed by atoms with Gasteiger partial charge in [-0.2, -0.15) is 0 Å². The Labute approximate surface area is 86.9 Å². The molecule has 0 saturated heterocycles. The highest BCUT2D eigenvalue weighted by Crippen LogP contribution is 2.15. The van der Waals surface area contributed by atoms with Crippen molar-refractivity contribution in [3.05, 3.63) is 41.1 Å². The van der Waals surface area contributed by atoms with E-state index in [-0.39, 0.29) is 0 Å². The van der Waals surface area contributed by atoms with Gasteiger partial charge in [0.2, 0.25) is 0 Å². The van der Waals surface area contributed by atoms with Crippen LogP contribution in [0.1, 0.15) is 5.69 Å². The number of H-pyrrole nitrogens is 1. The summed E-state index contributed by atoms with van der Waals surface area (Å²) in [5, 5.41) is 0. The quantitative estimate of drug-likeness (QED) is 0.724. The highest BCUT2D eigenvalue weighted by Gasteiger charge is 1.97. The molecule has 2 heterocycles. The number of aromatic nitrogens is 3. The molecule has 0 bridgehead atoms. The summed E-state index contributed by atoms with van der Waals surface area (Å²) >= 11 is 4.95. The summed E-state index contributed by atoms with van der Waals surface area (Å²) in [4.78, 5) is 11.1. The smallest absolute Gasteiger partial charge is 0.197 e. The lowest BCUT2D eigenvalue weighted by atomic mass is 10.2. The van der Waals surface area contributed by atoms with E-state index in [1.54, 1.807) is 12.4 Å². The fourth-order valence-corrected chi connectivity index (χ4v) is 1.42. The van der Waals surface area contributed by atoms with Gasteiger partial charge in [0.05, 0.1) is 0 Å².